The summed E-state index contributed by atoms with van der Waals surface area (Å²) in [5, 5.41) is 7.97. The average Bonchev–Trinajstić information content (AvgIpc) is 2.94. The monoisotopic (exact) mass is 247 g/mol. The van der Waals surface area contributed by atoms with Gasteiger partial charge in [-0.2, -0.15) is 5.10 Å². The van der Waals surface area contributed by atoms with Crippen LogP contribution in [0.3, 0.4) is 0 Å². The Morgan fingerprint density at radius 1 is 1.39 bits per heavy atom. The molecule has 1 N–H and O–H groups in total. The highest BCUT2D eigenvalue weighted by Crippen LogP contribution is 2.15. The van der Waals surface area contributed by atoms with Crippen LogP contribution in [0.25, 0.3) is 0 Å². The van der Waals surface area contributed by atoms with Gasteiger partial charge in [0, 0.05) is 12.2 Å². The van der Waals surface area contributed by atoms with Crippen molar-refractivity contribution in [2.75, 3.05) is 6.54 Å². The molecule has 0 aromatic carbocycles. The van der Waals surface area contributed by atoms with Crippen molar-refractivity contribution in [2.45, 2.75) is 40.3 Å². The number of aromatic nitrogens is 2. The quantitative estimate of drug-likeness (QED) is 0.883. The second-order valence-corrected chi connectivity index (χ2v) is 4.80. The lowest BCUT2D eigenvalue weighted by atomic mass is 10.2. The number of hydrogen-bond acceptors (Lipinski definition) is 3. The van der Waals surface area contributed by atoms with Crippen molar-refractivity contribution in [1.29, 1.82) is 0 Å². The van der Waals surface area contributed by atoms with Crippen LogP contribution in [0.2, 0.25) is 0 Å². The Morgan fingerprint density at radius 2 is 2.17 bits per heavy atom. The van der Waals surface area contributed by atoms with Crippen molar-refractivity contribution < 1.29 is 4.42 Å². The summed E-state index contributed by atoms with van der Waals surface area (Å²) in [5.41, 5.74) is 3.65. The molecule has 2 aromatic heterocycles. The molecule has 18 heavy (non-hydrogen) atoms. The van der Waals surface area contributed by atoms with E-state index in [9.17, 15) is 0 Å². The van der Waals surface area contributed by atoms with E-state index in [2.05, 4.69) is 42.8 Å². The Bertz CT molecular complexity index is 499. The van der Waals surface area contributed by atoms with Gasteiger partial charge in [-0.15, -0.1) is 0 Å². The van der Waals surface area contributed by atoms with Crippen molar-refractivity contribution in [1.82, 2.24) is 15.1 Å². The van der Waals surface area contributed by atoms with Crippen LogP contribution in [0.1, 0.15) is 35.7 Å². The largest absolute Gasteiger partial charge is 0.468 e. The predicted molar refractivity (Wildman–Crippen MR) is 71.6 cm³/mol. The average molecular weight is 247 g/mol. The molecule has 2 heterocycles. The van der Waals surface area contributed by atoms with E-state index in [0.717, 1.165) is 24.5 Å². The van der Waals surface area contributed by atoms with Gasteiger partial charge in [-0.05, 0) is 45.4 Å². The first kappa shape index (κ1) is 12.9. The number of rotatable bonds is 5. The zero-order chi connectivity index (χ0) is 13.1. The van der Waals surface area contributed by atoms with Gasteiger partial charge in [0.25, 0.3) is 0 Å². The lowest BCUT2D eigenvalue weighted by molar-refractivity contribution is 0.421. The fraction of sp³-hybridized carbons (Fsp3) is 0.500. The first-order valence-corrected chi connectivity index (χ1v) is 6.35. The third-order valence-corrected chi connectivity index (χ3v) is 3.42. The third kappa shape index (κ3) is 2.64. The Hall–Kier alpha value is -1.55. The van der Waals surface area contributed by atoms with Gasteiger partial charge in [0.05, 0.1) is 24.5 Å². The van der Waals surface area contributed by atoms with Gasteiger partial charge >= 0.3 is 0 Å². The molecule has 1 atom stereocenters. The molecule has 0 aliphatic rings. The van der Waals surface area contributed by atoms with Crippen molar-refractivity contribution in [3.05, 3.63) is 41.1 Å². The summed E-state index contributed by atoms with van der Waals surface area (Å²) in [6.07, 6.45) is 1.70. The highest BCUT2D eigenvalue weighted by Gasteiger charge is 2.12. The number of nitrogens with one attached hydrogen (secondary N) is 1. The van der Waals surface area contributed by atoms with Crippen molar-refractivity contribution in [3.8, 4) is 0 Å². The smallest absolute Gasteiger partial charge is 0.117 e. The Kier molecular flexibility index (Phi) is 3.87. The van der Waals surface area contributed by atoms with Crippen LogP contribution in [0.5, 0.6) is 0 Å². The molecular formula is C14H21N3O. The second-order valence-electron chi connectivity index (χ2n) is 4.80. The molecule has 0 fully saturated rings. The van der Waals surface area contributed by atoms with Gasteiger partial charge in [0.1, 0.15) is 5.76 Å². The fourth-order valence-electron chi connectivity index (χ4n) is 2.08. The topological polar surface area (TPSA) is 43.0 Å². The van der Waals surface area contributed by atoms with Gasteiger partial charge in [0.2, 0.25) is 0 Å². The van der Waals surface area contributed by atoms with E-state index >= 15 is 0 Å². The summed E-state index contributed by atoms with van der Waals surface area (Å²) in [5.74, 6) is 0.965. The molecule has 0 amide bonds. The zero-order valence-corrected chi connectivity index (χ0v) is 11.5. The molecule has 4 nitrogen and oxygen atoms in total. The van der Waals surface area contributed by atoms with Gasteiger partial charge in [-0.3, -0.25) is 4.68 Å². The first-order valence-electron chi connectivity index (χ1n) is 6.35. The van der Waals surface area contributed by atoms with Crippen LogP contribution in [-0.2, 0) is 6.54 Å². The molecule has 2 rings (SSSR count). The molecule has 0 bridgehead atoms. The van der Waals surface area contributed by atoms with Crippen LogP contribution in [0, 0.1) is 20.8 Å². The third-order valence-electron chi connectivity index (χ3n) is 3.42. The number of nitrogens with zero attached hydrogens (tertiary/aromatic N) is 2. The van der Waals surface area contributed by atoms with E-state index in [-0.39, 0.29) is 0 Å². The van der Waals surface area contributed by atoms with E-state index in [0.29, 0.717) is 6.04 Å². The van der Waals surface area contributed by atoms with Gasteiger partial charge < -0.3 is 9.73 Å². The van der Waals surface area contributed by atoms with E-state index < -0.39 is 0 Å². The van der Waals surface area contributed by atoms with Crippen LogP contribution >= 0.6 is 0 Å². The van der Waals surface area contributed by atoms with Crippen molar-refractivity contribution in [2.24, 2.45) is 0 Å². The molecular weight excluding hydrogens is 226 g/mol. The summed E-state index contributed by atoms with van der Waals surface area (Å²) in [6.45, 7) is 10.1. The fourth-order valence-corrected chi connectivity index (χ4v) is 2.08. The van der Waals surface area contributed by atoms with Crippen LogP contribution in [-0.4, -0.2) is 16.3 Å². The summed E-state index contributed by atoms with van der Waals surface area (Å²) in [7, 11) is 0. The normalized spacial score (nSPS) is 12.9. The van der Waals surface area contributed by atoms with Gasteiger partial charge in [-0.1, -0.05) is 0 Å². The molecule has 2 aromatic rings. The highest BCUT2D eigenvalue weighted by molar-refractivity contribution is 5.22. The Balaban J connectivity index is 1.91. The maximum atomic E-state index is 5.28. The predicted octanol–water partition coefficient (Wildman–Crippen LogP) is 2.75. The van der Waals surface area contributed by atoms with E-state index in [4.69, 9.17) is 4.42 Å². The van der Waals surface area contributed by atoms with Crippen LogP contribution in [0.4, 0.5) is 0 Å². The molecule has 98 valence electrons. The Morgan fingerprint density at radius 3 is 2.72 bits per heavy atom. The SMILES string of the molecule is Cc1nn(C(C)CNCc2ccco2)c(C)c1C. The second kappa shape index (κ2) is 5.40. The Labute approximate surface area is 108 Å². The van der Waals surface area contributed by atoms with E-state index in [1.54, 1.807) is 6.26 Å². The standard InChI is InChI=1S/C14H21N3O/c1-10(8-15-9-14-6-5-7-18-14)17-13(4)11(2)12(3)16-17/h5-7,10,15H,8-9H2,1-4H3. The lowest BCUT2D eigenvalue weighted by Crippen LogP contribution is -2.24. The summed E-state index contributed by atoms with van der Waals surface area (Å²) in [6, 6.07) is 4.23. The van der Waals surface area contributed by atoms with Crippen molar-refractivity contribution in [3.63, 3.8) is 0 Å². The highest BCUT2D eigenvalue weighted by atomic mass is 16.3. The number of hydrogen-bond donors (Lipinski definition) is 1. The van der Waals surface area contributed by atoms with Gasteiger partial charge in [0.15, 0.2) is 0 Å². The number of aryl methyl sites for hydroxylation is 1. The summed E-state index contributed by atoms with van der Waals surface area (Å²) in [4.78, 5) is 0. The molecule has 0 aliphatic carbocycles. The van der Waals surface area contributed by atoms with Crippen molar-refractivity contribution >= 4 is 0 Å². The van der Waals surface area contributed by atoms with E-state index in [1.807, 2.05) is 12.1 Å². The lowest BCUT2D eigenvalue weighted by Gasteiger charge is -2.15. The molecule has 0 aliphatic heterocycles. The summed E-state index contributed by atoms with van der Waals surface area (Å²) >= 11 is 0. The maximum absolute atomic E-state index is 5.28. The summed E-state index contributed by atoms with van der Waals surface area (Å²) < 4.78 is 7.38. The first-order chi connectivity index (χ1) is 8.59. The van der Waals surface area contributed by atoms with Crippen LogP contribution < -0.4 is 5.32 Å². The minimum absolute atomic E-state index is 0.340. The van der Waals surface area contributed by atoms with Crippen LogP contribution in [0.15, 0.2) is 22.8 Å². The van der Waals surface area contributed by atoms with Gasteiger partial charge in [-0.25, -0.2) is 0 Å². The molecule has 0 radical (unpaired) electrons. The van der Waals surface area contributed by atoms with E-state index in [1.165, 1.54) is 11.3 Å². The maximum Gasteiger partial charge on any atom is 0.117 e. The molecule has 4 heteroatoms. The molecule has 0 spiro atoms. The molecule has 1 unspecified atom stereocenters. The minimum Gasteiger partial charge on any atom is -0.468 e. The zero-order valence-electron chi connectivity index (χ0n) is 11.5. The molecule has 0 saturated heterocycles. The molecule has 0 saturated carbocycles. The number of furan rings is 1. The minimum atomic E-state index is 0.340.